The van der Waals surface area contributed by atoms with Crippen LogP contribution >= 0.6 is 0 Å². The van der Waals surface area contributed by atoms with Crippen LogP contribution in [-0.4, -0.2) is 37.9 Å². The molecular weight excluding hydrogens is 885 g/mol. The summed E-state index contributed by atoms with van der Waals surface area (Å²) in [5.41, 5.74) is 0. The van der Waals surface area contributed by atoms with Crippen molar-refractivity contribution in [3.63, 3.8) is 0 Å². The molecule has 0 bridgehead atoms. The molecule has 0 N–H and O–H groups in total. The van der Waals surface area contributed by atoms with Gasteiger partial charge in [0.2, 0.25) is 0 Å². The lowest BCUT2D eigenvalue weighted by atomic mass is 10.1. The Labute approximate surface area is 448 Å². The molecule has 0 aromatic heterocycles. The molecule has 0 saturated carbocycles. The number of ether oxygens (including phenoxy) is 3. The van der Waals surface area contributed by atoms with Crippen molar-refractivity contribution in [1.29, 1.82) is 0 Å². The van der Waals surface area contributed by atoms with E-state index < -0.39 is 6.10 Å². The fourth-order valence-electron chi connectivity index (χ4n) is 8.76. The Morgan fingerprint density at radius 3 is 1.04 bits per heavy atom. The number of unbranched alkanes of at least 4 members (excludes halogenated alkanes) is 32. The first-order valence-electron chi connectivity index (χ1n) is 31.1. The van der Waals surface area contributed by atoms with Gasteiger partial charge in [0.15, 0.2) is 6.10 Å². The van der Waals surface area contributed by atoms with E-state index >= 15 is 0 Å². The smallest absolute Gasteiger partial charge is 0.306 e. The summed E-state index contributed by atoms with van der Waals surface area (Å²) in [6.07, 6.45) is 83.2. The summed E-state index contributed by atoms with van der Waals surface area (Å²) in [6, 6.07) is 0. The molecule has 1 atom stereocenters. The van der Waals surface area contributed by atoms with Gasteiger partial charge in [-0.1, -0.05) is 260 Å². The van der Waals surface area contributed by atoms with Gasteiger partial charge in [-0.25, -0.2) is 0 Å². The molecule has 0 fully saturated rings. The number of carbonyl (C=O) groups is 2. The predicted molar refractivity (Wildman–Crippen MR) is 316 cm³/mol. The molecule has 0 radical (unpaired) electrons. The third-order valence-corrected chi connectivity index (χ3v) is 13.4. The maximum Gasteiger partial charge on any atom is 0.306 e. The molecule has 5 heteroatoms. The van der Waals surface area contributed by atoms with Crippen molar-refractivity contribution in [2.24, 2.45) is 0 Å². The average molecular weight is 1000 g/mol. The number of hydrogen-bond donors (Lipinski definition) is 0. The van der Waals surface area contributed by atoms with Gasteiger partial charge in [-0.2, -0.15) is 0 Å². The van der Waals surface area contributed by atoms with E-state index in [1.165, 1.54) is 193 Å². The summed E-state index contributed by atoms with van der Waals surface area (Å²) >= 11 is 0. The summed E-state index contributed by atoms with van der Waals surface area (Å²) in [5.74, 6) is -0.406. The van der Waals surface area contributed by atoms with Gasteiger partial charge in [-0.15, -0.1) is 0 Å². The van der Waals surface area contributed by atoms with E-state index in [0.29, 0.717) is 19.4 Å². The summed E-state index contributed by atoms with van der Waals surface area (Å²) in [4.78, 5) is 25.6. The van der Waals surface area contributed by atoms with E-state index in [9.17, 15) is 9.59 Å². The van der Waals surface area contributed by atoms with E-state index in [-0.39, 0.29) is 25.2 Å². The minimum absolute atomic E-state index is 0.0747. The van der Waals surface area contributed by atoms with Gasteiger partial charge in [0.1, 0.15) is 6.61 Å². The Morgan fingerprint density at radius 1 is 0.319 bits per heavy atom. The third kappa shape index (κ3) is 59.6. The number of carbonyl (C=O) groups excluding carboxylic acids is 2. The largest absolute Gasteiger partial charge is 0.462 e. The molecule has 0 rings (SSSR count). The highest BCUT2D eigenvalue weighted by Gasteiger charge is 2.17. The first-order chi connectivity index (χ1) is 35.6. The Kier molecular flexibility index (Phi) is 59.8. The van der Waals surface area contributed by atoms with Gasteiger partial charge < -0.3 is 14.2 Å². The van der Waals surface area contributed by atoms with E-state index in [1.807, 2.05) is 0 Å². The Hall–Kier alpha value is -2.92. The molecule has 72 heavy (non-hydrogen) atoms. The zero-order chi connectivity index (χ0) is 52.0. The van der Waals surface area contributed by atoms with Crippen LogP contribution < -0.4 is 0 Å². The standard InChI is InChI=1S/C67H118O5/c1-4-7-10-13-16-19-22-25-28-31-33-35-38-41-44-47-50-53-56-59-62-70-63-65(72-67(69)61-58-55-52-49-46-43-40-36-30-27-24-21-18-15-12-9-6-3)64-71-66(68)60-57-54-51-48-45-42-39-37-34-32-29-26-23-20-17-14-11-8-5-2/h7,10,16,18-19,21,25-30,33,35,65H,4-6,8-9,11-15,17,20,22-24,31-32,34,36-64H2,1-3H3/b10-7-,19-16-,21-18-,28-25-,29-26-,30-27-,35-33-. The Balaban J connectivity index is 4.31. The zero-order valence-corrected chi connectivity index (χ0v) is 47.9. The van der Waals surface area contributed by atoms with Crippen LogP contribution in [0.3, 0.4) is 0 Å². The number of allylic oxidation sites excluding steroid dienone is 14. The first kappa shape index (κ1) is 69.1. The molecule has 0 spiro atoms. The van der Waals surface area contributed by atoms with Crippen LogP contribution in [0.15, 0.2) is 85.1 Å². The van der Waals surface area contributed by atoms with Gasteiger partial charge >= 0.3 is 11.9 Å². The number of esters is 2. The molecule has 0 saturated heterocycles. The van der Waals surface area contributed by atoms with Gasteiger partial charge in [0.05, 0.1) is 6.61 Å². The van der Waals surface area contributed by atoms with Crippen LogP contribution in [0.1, 0.15) is 303 Å². The lowest BCUT2D eigenvalue weighted by Crippen LogP contribution is -2.30. The number of rotatable bonds is 57. The fraction of sp³-hybridized carbons (Fsp3) is 0.761. The van der Waals surface area contributed by atoms with Gasteiger partial charge in [-0.05, 0) is 116 Å². The first-order valence-corrected chi connectivity index (χ1v) is 31.1. The van der Waals surface area contributed by atoms with Crippen LogP contribution in [0, 0.1) is 0 Å². The maximum absolute atomic E-state index is 12.9. The van der Waals surface area contributed by atoms with Crippen molar-refractivity contribution >= 4 is 11.9 Å². The van der Waals surface area contributed by atoms with Crippen molar-refractivity contribution in [3.05, 3.63) is 85.1 Å². The Bertz CT molecular complexity index is 1320. The van der Waals surface area contributed by atoms with E-state index in [2.05, 4.69) is 106 Å². The van der Waals surface area contributed by atoms with Crippen LogP contribution in [0.4, 0.5) is 0 Å². The second-order valence-electron chi connectivity index (χ2n) is 20.6. The van der Waals surface area contributed by atoms with Crippen LogP contribution in [0.5, 0.6) is 0 Å². The van der Waals surface area contributed by atoms with Crippen LogP contribution in [0.2, 0.25) is 0 Å². The lowest BCUT2D eigenvalue weighted by Gasteiger charge is -2.18. The maximum atomic E-state index is 12.9. The molecule has 0 aliphatic rings. The topological polar surface area (TPSA) is 61.8 Å². The third-order valence-electron chi connectivity index (χ3n) is 13.4. The van der Waals surface area contributed by atoms with Gasteiger partial charge in [-0.3, -0.25) is 9.59 Å². The van der Waals surface area contributed by atoms with Crippen molar-refractivity contribution in [3.8, 4) is 0 Å². The second kappa shape index (κ2) is 62.4. The summed E-state index contributed by atoms with van der Waals surface area (Å²) in [5, 5.41) is 0. The van der Waals surface area contributed by atoms with Gasteiger partial charge in [0, 0.05) is 19.4 Å². The molecule has 0 heterocycles. The van der Waals surface area contributed by atoms with Crippen molar-refractivity contribution in [1.82, 2.24) is 0 Å². The van der Waals surface area contributed by atoms with Crippen LogP contribution in [0.25, 0.3) is 0 Å². The van der Waals surface area contributed by atoms with E-state index in [1.54, 1.807) is 0 Å². The molecule has 416 valence electrons. The molecule has 0 aliphatic heterocycles. The van der Waals surface area contributed by atoms with Gasteiger partial charge in [0.25, 0.3) is 0 Å². The summed E-state index contributed by atoms with van der Waals surface area (Å²) < 4.78 is 17.5. The Morgan fingerprint density at radius 2 is 0.625 bits per heavy atom. The lowest BCUT2D eigenvalue weighted by molar-refractivity contribution is -0.163. The van der Waals surface area contributed by atoms with E-state index in [4.69, 9.17) is 14.2 Å². The highest BCUT2D eigenvalue weighted by molar-refractivity contribution is 5.70. The molecule has 0 aliphatic carbocycles. The summed E-state index contributed by atoms with van der Waals surface area (Å²) in [7, 11) is 0. The quantitative estimate of drug-likeness (QED) is 0.0345. The molecule has 0 amide bonds. The molecule has 0 aromatic rings. The molecule has 0 aromatic carbocycles. The molecule has 5 nitrogen and oxygen atoms in total. The van der Waals surface area contributed by atoms with Crippen molar-refractivity contribution in [2.75, 3.05) is 19.8 Å². The highest BCUT2D eigenvalue weighted by Crippen LogP contribution is 2.15. The monoisotopic (exact) mass is 1000 g/mol. The van der Waals surface area contributed by atoms with E-state index in [0.717, 1.165) is 77.0 Å². The minimum atomic E-state index is -0.552. The summed E-state index contributed by atoms with van der Waals surface area (Å²) in [6.45, 7) is 7.69. The second-order valence-corrected chi connectivity index (χ2v) is 20.6. The van der Waals surface area contributed by atoms with Crippen molar-refractivity contribution < 1.29 is 23.8 Å². The fourth-order valence-corrected chi connectivity index (χ4v) is 8.76. The predicted octanol–water partition coefficient (Wildman–Crippen LogP) is 21.6. The normalized spacial score (nSPS) is 12.8. The zero-order valence-electron chi connectivity index (χ0n) is 47.9. The minimum Gasteiger partial charge on any atom is -0.462 e. The highest BCUT2D eigenvalue weighted by atomic mass is 16.6. The number of hydrogen-bond acceptors (Lipinski definition) is 5. The molecule has 1 unspecified atom stereocenters. The average Bonchev–Trinajstić information content (AvgIpc) is 3.38. The van der Waals surface area contributed by atoms with Crippen molar-refractivity contribution in [2.45, 2.75) is 309 Å². The van der Waals surface area contributed by atoms with Crippen LogP contribution in [-0.2, 0) is 23.8 Å². The molecular formula is C67H118O5. The SMILES string of the molecule is CC/C=C\C/C=C\C/C=C\C/C=C\CCCCCCCCCOCC(COC(=O)CCCCCCCCCCC/C=C\CCCCCCCC)OC(=O)CCCCCCCCC/C=C\C/C=C\CCCCC.